The Hall–Kier alpha value is -1.06. The largest absolute Gasteiger partial charge is 0.497 e. The molecule has 1 aromatic carbocycles. The third-order valence-corrected chi connectivity index (χ3v) is 5.38. The van der Waals surface area contributed by atoms with Gasteiger partial charge in [-0.3, -0.25) is 4.90 Å². The van der Waals surface area contributed by atoms with E-state index in [1.165, 1.54) is 76.4 Å². The van der Waals surface area contributed by atoms with Crippen molar-refractivity contribution in [2.24, 2.45) is 0 Å². The minimum atomic E-state index is 0.492. The Balaban J connectivity index is 1.80. The molecule has 0 aliphatic carbocycles. The highest BCUT2D eigenvalue weighted by molar-refractivity contribution is 5.29. The summed E-state index contributed by atoms with van der Waals surface area (Å²) in [4.78, 5) is 2.67. The Labute approximate surface area is 155 Å². The van der Waals surface area contributed by atoms with Crippen LogP contribution in [0.25, 0.3) is 0 Å². The number of hydrogen-bond acceptors (Lipinski definition) is 3. The van der Waals surface area contributed by atoms with Crippen LogP contribution < -0.4 is 10.1 Å². The highest BCUT2D eigenvalue weighted by Gasteiger charge is 2.21. The van der Waals surface area contributed by atoms with Gasteiger partial charge in [0.25, 0.3) is 0 Å². The second-order valence-corrected chi connectivity index (χ2v) is 7.36. The summed E-state index contributed by atoms with van der Waals surface area (Å²) >= 11 is 0. The zero-order chi connectivity index (χ0) is 17.7. The van der Waals surface area contributed by atoms with E-state index in [4.69, 9.17) is 4.74 Å². The molecule has 142 valence electrons. The molecule has 1 aromatic rings. The van der Waals surface area contributed by atoms with Gasteiger partial charge >= 0.3 is 0 Å². The fraction of sp³-hybridized carbons (Fsp3) is 0.727. The molecule has 3 nitrogen and oxygen atoms in total. The SMILES string of the molecule is CCCCCCCCNCC(c1ccc(OC)cc1)N1CCCCC1. The number of methoxy groups -OCH3 is 1. The maximum Gasteiger partial charge on any atom is 0.118 e. The molecule has 1 aliphatic heterocycles. The van der Waals surface area contributed by atoms with Crippen LogP contribution in [0.4, 0.5) is 0 Å². The first-order valence-corrected chi connectivity index (χ1v) is 10.4. The molecular formula is C22H38N2O. The molecule has 3 heteroatoms. The average Bonchev–Trinajstić information content (AvgIpc) is 2.68. The lowest BCUT2D eigenvalue weighted by Gasteiger charge is -2.35. The topological polar surface area (TPSA) is 24.5 Å². The van der Waals surface area contributed by atoms with Crippen LogP contribution in [0.5, 0.6) is 5.75 Å². The van der Waals surface area contributed by atoms with E-state index < -0.39 is 0 Å². The van der Waals surface area contributed by atoms with Crippen molar-refractivity contribution < 1.29 is 4.74 Å². The standard InChI is InChI=1S/C22H38N2O/c1-3-4-5-6-7-9-16-23-19-22(24-17-10-8-11-18-24)20-12-14-21(25-2)15-13-20/h12-15,22-23H,3-11,16-19H2,1-2H3. The summed E-state index contributed by atoms with van der Waals surface area (Å²) < 4.78 is 5.32. The second kappa shape index (κ2) is 12.3. The van der Waals surface area contributed by atoms with Crippen molar-refractivity contribution in [2.45, 2.75) is 70.8 Å². The first-order chi connectivity index (χ1) is 12.3. The van der Waals surface area contributed by atoms with Gasteiger partial charge in [-0.2, -0.15) is 0 Å². The minimum Gasteiger partial charge on any atom is -0.497 e. The van der Waals surface area contributed by atoms with Crippen LogP contribution in [0.3, 0.4) is 0 Å². The normalized spacial score (nSPS) is 16.7. The van der Waals surface area contributed by atoms with E-state index in [-0.39, 0.29) is 0 Å². The average molecular weight is 347 g/mol. The lowest BCUT2D eigenvalue weighted by Crippen LogP contribution is -2.39. The minimum absolute atomic E-state index is 0.492. The Morgan fingerprint density at radius 1 is 0.960 bits per heavy atom. The van der Waals surface area contributed by atoms with Gasteiger partial charge < -0.3 is 10.1 Å². The Morgan fingerprint density at radius 3 is 2.32 bits per heavy atom. The predicted molar refractivity (Wildman–Crippen MR) is 107 cm³/mol. The van der Waals surface area contributed by atoms with Crippen LogP contribution in [-0.2, 0) is 0 Å². The molecule has 1 atom stereocenters. The van der Waals surface area contributed by atoms with Crippen LogP contribution in [0.15, 0.2) is 24.3 Å². The second-order valence-electron chi connectivity index (χ2n) is 7.36. The molecule has 1 aliphatic rings. The van der Waals surface area contributed by atoms with Crippen LogP contribution in [0.2, 0.25) is 0 Å². The van der Waals surface area contributed by atoms with Gasteiger partial charge in [0.2, 0.25) is 0 Å². The van der Waals surface area contributed by atoms with Crippen LogP contribution in [0, 0.1) is 0 Å². The fourth-order valence-electron chi connectivity index (χ4n) is 3.78. The van der Waals surface area contributed by atoms with Gasteiger partial charge in [0.15, 0.2) is 0 Å². The number of likely N-dealkylation sites (tertiary alicyclic amines) is 1. The van der Waals surface area contributed by atoms with Crippen molar-refractivity contribution in [3.8, 4) is 5.75 Å². The molecular weight excluding hydrogens is 308 g/mol. The van der Waals surface area contributed by atoms with Gasteiger partial charge in [-0.25, -0.2) is 0 Å². The van der Waals surface area contributed by atoms with Gasteiger partial charge in [-0.05, 0) is 56.6 Å². The number of rotatable bonds is 12. The molecule has 0 bridgehead atoms. The van der Waals surface area contributed by atoms with Crippen molar-refractivity contribution in [1.29, 1.82) is 0 Å². The maximum atomic E-state index is 5.32. The molecule has 0 saturated carbocycles. The molecule has 1 heterocycles. The Morgan fingerprint density at radius 2 is 1.64 bits per heavy atom. The van der Waals surface area contributed by atoms with Crippen LogP contribution >= 0.6 is 0 Å². The molecule has 0 spiro atoms. The van der Waals surface area contributed by atoms with Crippen molar-refractivity contribution in [3.63, 3.8) is 0 Å². The molecule has 1 fully saturated rings. The van der Waals surface area contributed by atoms with Gasteiger partial charge in [0.1, 0.15) is 5.75 Å². The van der Waals surface area contributed by atoms with E-state index in [1.807, 2.05) is 0 Å². The van der Waals surface area contributed by atoms with Crippen LogP contribution in [-0.4, -0.2) is 38.2 Å². The summed E-state index contributed by atoms with van der Waals surface area (Å²) in [5, 5.41) is 3.73. The lowest BCUT2D eigenvalue weighted by atomic mass is 10.0. The quantitative estimate of drug-likeness (QED) is 0.528. The number of hydrogen-bond donors (Lipinski definition) is 1. The first-order valence-electron chi connectivity index (χ1n) is 10.4. The fourth-order valence-corrected chi connectivity index (χ4v) is 3.78. The third-order valence-electron chi connectivity index (χ3n) is 5.38. The van der Waals surface area contributed by atoms with Crippen molar-refractivity contribution in [1.82, 2.24) is 10.2 Å². The summed E-state index contributed by atoms with van der Waals surface area (Å²) in [6.45, 7) is 6.94. The van der Waals surface area contributed by atoms with E-state index in [0.29, 0.717) is 6.04 Å². The highest BCUT2D eigenvalue weighted by atomic mass is 16.5. The molecule has 1 saturated heterocycles. The van der Waals surface area contributed by atoms with E-state index in [1.54, 1.807) is 7.11 Å². The summed E-state index contributed by atoms with van der Waals surface area (Å²) in [6, 6.07) is 9.17. The Bertz CT molecular complexity index is 440. The van der Waals surface area contributed by atoms with Crippen molar-refractivity contribution in [2.75, 3.05) is 33.3 Å². The van der Waals surface area contributed by atoms with E-state index >= 15 is 0 Å². The summed E-state index contributed by atoms with van der Waals surface area (Å²) in [5.41, 5.74) is 1.41. The number of benzene rings is 1. The molecule has 0 amide bonds. The predicted octanol–water partition coefficient (Wildman–Crippen LogP) is 5.17. The van der Waals surface area contributed by atoms with Gasteiger partial charge in [0, 0.05) is 12.6 Å². The van der Waals surface area contributed by atoms with Gasteiger partial charge in [-0.15, -0.1) is 0 Å². The molecule has 0 aromatic heterocycles. The summed E-state index contributed by atoms with van der Waals surface area (Å²) in [7, 11) is 1.74. The monoisotopic (exact) mass is 346 g/mol. The molecule has 1 N–H and O–H groups in total. The number of nitrogens with one attached hydrogen (secondary N) is 1. The van der Waals surface area contributed by atoms with E-state index in [2.05, 4.69) is 41.4 Å². The lowest BCUT2D eigenvalue weighted by molar-refractivity contribution is 0.160. The Kier molecular flexibility index (Phi) is 9.98. The third kappa shape index (κ3) is 7.37. The van der Waals surface area contributed by atoms with E-state index in [9.17, 15) is 0 Å². The number of unbranched alkanes of at least 4 members (excludes halogenated alkanes) is 5. The van der Waals surface area contributed by atoms with Crippen LogP contribution in [0.1, 0.15) is 76.3 Å². The number of ether oxygens (including phenoxy) is 1. The summed E-state index contributed by atoms with van der Waals surface area (Å²) in [6.07, 6.45) is 12.2. The summed E-state index contributed by atoms with van der Waals surface area (Å²) in [5.74, 6) is 0.946. The van der Waals surface area contributed by atoms with Crippen molar-refractivity contribution in [3.05, 3.63) is 29.8 Å². The molecule has 25 heavy (non-hydrogen) atoms. The zero-order valence-corrected chi connectivity index (χ0v) is 16.4. The first kappa shape index (κ1) is 20.3. The zero-order valence-electron chi connectivity index (χ0n) is 16.4. The van der Waals surface area contributed by atoms with Gasteiger partial charge in [-0.1, -0.05) is 57.6 Å². The van der Waals surface area contributed by atoms with Crippen molar-refractivity contribution >= 4 is 0 Å². The van der Waals surface area contributed by atoms with Gasteiger partial charge in [0.05, 0.1) is 7.11 Å². The number of piperidine rings is 1. The van der Waals surface area contributed by atoms with E-state index in [0.717, 1.165) is 18.8 Å². The smallest absolute Gasteiger partial charge is 0.118 e. The molecule has 2 rings (SSSR count). The molecule has 0 radical (unpaired) electrons. The molecule has 1 unspecified atom stereocenters. The maximum absolute atomic E-state index is 5.32. The highest BCUT2D eigenvalue weighted by Crippen LogP contribution is 2.25. The number of nitrogens with zero attached hydrogens (tertiary/aromatic N) is 1.